The van der Waals surface area contributed by atoms with Crippen molar-refractivity contribution in [1.82, 2.24) is 5.06 Å². The minimum Gasteiger partial charge on any atom is -0.432 e. The van der Waals surface area contributed by atoms with Crippen molar-refractivity contribution >= 4 is 18.0 Å². The third kappa shape index (κ3) is 3.74. The number of nitrogens with zero attached hydrogens (tertiary/aromatic N) is 1. The Bertz CT molecular complexity index is 487. The van der Waals surface area contributed by atoms with Crippen LogP contribution in [0.15, 0.2) is 12.7 Å². The molecule has 0 aromatic carbocycles. The molecule has 1 saturated carbocycles. The molecule has 1 heterocycles. The zero-order valence-corrected chi connectivity index (χ0v) is 13.9. The Balaban J connectivity index is 1.82. The molecule has 0 N–H and O–H groups in total. The molecule has 6 nitrogen and oxygen atoms in total. The first-order valence-corrected chi connectivity index (χ1v) is 8.25. The highest BCUT2D eigenvalue weighted by atomic mass is 16.8. The average molecular weight is 323 g/mol. The number of carbonyl (C=O) groups is 3. The zero-order chi connectivity index (χ0) is 17.0. The molecule has 0 radical (unpaired) electrons. The standard InChI is InChI=1S/C17H25NO5/c1-4-6-7-12-13(17(12,3)10-5-2)11-22-16(21)23-18-14(19)8-9-15(18)20/h4,12-13H,1,5-11H2,2-3H3/t12-,13+,17-/m0/s1. The molecule has 23 heavy (non-hydrogen) atoms. The second-order valence-electron chi connectivity index (χ2n) is 6.57. The number of carbonyl (C=O) groups excluding carboxylic acids is 3. The van der Waals surface area contributed by atoms with E-state index in [4.69, 9.17) is 9.57 Å². The molecule has 0 aromatic rings. The van der Waals surface area contributed by atoms with Gasteiger partial charge in [0.1, 0.15) is 0 Å². The molecule has 2 fully saturated rings. The van der Waals surface area contributed by atoms with Gasteiger partial charge in [0.2, 0.25) is 0 Å². The fourth-order valence-electron chi connectivity index (χ4n) is 3.72. The summed E-state index contributed by atoms with van der Waals surface area (Å²) in [5, 5.41) is 0.510. The molecule has 2 amide bonds. The second-order valence-corrected chi connectivity index (χ2v) is 6.57. The van der Waals surface area contributed by atoms with Crippen molar-refractivity contribution in [2.75, 3.05) is 6.61 Å². The first-order chi connectivity index (χ1) is 10.9. The molecule has 2 rings (SSSR count). The molecule has 0 bridgehead atoms. The average Bonchev–Trinajstić information content (AvgIpc) is 2.94. The third-order valence-corrected chi connectivity index (χ3v) is 5.09. The van der Waals surface area contributed by atoms with Gasteiger partial charge in [-0.15, -0.1) is 6.58 Å². The van der Waals surface area contributed by atoms with Crippen molar-refractivity contribution in [3.63, 3.8) is 0 Å². The summed E-state index contributed by atoms with van der Waals surface area (Å²) in [4.78, 5) is 39.2. The van der Waals surface area contributed by atoms with Crippen LogP contribution in [0.5, 0.6) is 0 Å². The molecular weight excluding hydrogens is 298 g/mol. The van der Waals surface area contributed by atoms with Gasteiger partial charge in [0, 0.05) is 18.8 Å². The number of hydrogen-bond donors (Lipinski definition) is 0. The molecule has 1 saturated heterocycles. The topological polar surface area (TPSA) is 72.9 Å². The number of amides is 2. The lowest BCUT2D eigenvalue weighted by atomic mass is 9.97. The summed E-state index contributed by atoms with van der Waals surface area (Å²) >= 11 is 0. The van der Waals surface area contributed by atoms with Crippen LogP contribution in [0, 0.1) is 17.3 Å². The molecule has 0 spiro atoms. The Morgan fingerprint density at radius 2 is 2.00 bits per heavy atom. The monoisotopic (exact) mass is 323 g/mol. The first kappa shape index (κ1) is 17.5. The van der Waals surface area contributed by atoms with E-state index in [0.29, 0.717) is 16.9 Å². The van der Waals surface area contributed by atoms with E-state index in [1.165, 1.54) is 0 Å². The van der Waals surface area contributed by atoms with Crippen LogP contribution >= 0.6 is 0 Å². The zero-order valence-electron chi connectivity index (χ0n) is 13.9. The molecular formula is C17H25NO5. The number of hydroxylamine groups is 2. The first-order valence-electron chi connectivity index (χ1n) is 8.25. The smallest absolute Gasteiger partial charge is 0.432 e. The van der Waals surface area contributed by atoms with Crippen LogP contribution in [0.1, 0.15) is 52.4 Å². The number of allylic oxidation sites excluding steroid dienone is 1. The van der Waals surface area contributed by atoms with Gasteiger partial charge in [-0.1, -0.05) is 31.4 Å². The molecule has 128 valence electrons. The van der Waals surface area contributed by atoms with Crippen LogP contribution in [0.2, 0.25) is 0 Å². The summed E-state index contributed by atoms with van der Waals surface area (Å²) in [6.45, 7) is 8.37. The summed E-state index contributed by atoms with van der Waals surface area (Å²) in [6, 6.07) is 0. The van der Waals surface area contributed by atoms with Gasteiger partial charge in [0.05, 0.1) is 6.61 Å². The minimum absolute atomic E-state index is 0.0763. The number of imide groups is 1. The van der Waals surface area contributed by atoms with E-state index in [0.717, 1.165) is 25.7 Å². The van der Waals surface area contributed by atoms with Crippen molar-refractivity contribution in [1.29, 1.82) is 0 Å². The van der Waals surface area contributed by atoms with E-state index >= 15 is 0 Å². The fraction of sp³-hybridized carbons (Fsp3) is 0.706. The Hall–Kier alpha value is -1.85. The maximum absolute atomic E-state index is 11.7. The highest BCUT2D eigenvalue weighted by Crippen LogP contribution is 2.63. The van der Waals surface area contributed by atoms with E-state index in [2.05, 4.69) is 20.4 Å². The van der Waals surface area contributed by atoms with Crippen LogP contribution in [0.4, 0.5) is 4.79 Å². The molecule has 0 aromatic heterocycles. The molecule has 1 aliphatic carbocycles. The predicted molar refractivity (Wildman–Crippen MR) is 82.9 cm³/mol. The lowest BCUT2D eigenvalue weighted by molar-refractivity contribution is -0.177. The quantitative estimate of drug-likeness (QED) is 0.389. The lowest BCUT2D eigenvalue weighted by Crippen LogP contribution is -2.32. The van der Waals surface area contributed by atoms with Gasteiger partial charge in [0.15, 0.2) is 0 Å². The largest absolute Gasteiger partial charge is 0.533 e. The lowest BCUT2D eigenvalue weighted by Gasteiger charge is -2.13. The summed E-state index contributed by atoms with van der Waals surface area (Å²) in [5.41, 5.74) is 0.178. The van der Waals surface area contributed by atoms with Crippen LogP contribution in [-0.4, -0.2) is 29.6 Å². The van der Waals surface area contributed by atoms with Gasteiger partial charge in [-0.2, -0.15) is 0 Å². The molecule has 2 aliphatic rings. The van der Waals surface area contributed by atoms with Crippen LogP contribution in [0.3, 0.4) is 0 Å². The second kappa shape index (κ2) is 7.15. The number of ether oxygens (including phenoxy) is 1. The third-order valence-electron chi connectivity index (χ3n) is 5.09. The summed E-state index contributed by atoms with van der Waals surface area (Å²) < 4.78 is 5.14. The van der Waals surface area contributed by atoms with Gasteiger partial charge in [-0.3, -0.25) is 14.4 Å². The molecule has 1 aliphatic heterocycles. The van der Waals surface area contributed by atoms with Crippen molar-refractivity contribution in [3.05, 3.63) is 12.7 Å². The van der Waals surface area contributed by atoms with Gasteiger partial charge < -0.3 is 4.74 Å². The Kier molecular flexibility index (Phi) is 5.44. The van der Waals surface area contributed by atoms with Crippen molar-refractivity contribution in [2.45, 2.75) is 52.4 Å². The highest BCUT2D eigenvalue weighted by Gasteiger charge is 2.59. The summed E-state index contributed by atoms with van der Waals surface area (Å²) in [5.74, 6) is -0.209. The maximum Gasteiger partial charge on any atom is 0.533 e. The van der Waals surface area contributed by atoms with Crippen LogP contribution < -0.4 is 0 Å². The Labute approximate surface area is 136 Å². The summed E-state index contributed by atoms with van der Waals surface area (Å²) in [6.07, 6.45) is 5.22. The normalized spacial score (nSPS) is 29.6. The SMILES string of the molecule is C=CCC[C@H]1[C@@H](COC(=O)ON2C(=O)CCC2=O)[C@@]1(C)CCC. The number of rotatable bonds is 8. The van der Waals surface area contributed by atoms with E-state index in [-0.39, 0.29) is 24.9 Å². The van der Waals surface area contributed by atoms with Gasteiger partial charge >= 0.3 is 6.16 Å². The maximum atomic E-state index is 11.7. The van der Waals surface area contributed by atoms with Crippen LogP contribution in [-0.2, 0) is 19.2 Å². The highest BCUT2D eigenvalue weighted by molar-refractivity contribution is 6.01. The summed E-state index contributed by atoms with van der Waals surface area (Å²) in [7, 11) is 0. The van der Waals surface area contributed by atoms with Gasteiger partial charge in [-0.05, 0) is 30.6 Å². The van der Waals surface area contributed by atoms with E-state index < -0.39 is 18.0 Å². The number of hydrogen-bond acceptors (Lipinski definition) is 5. The van der Waals surface area contributed by atoms with Gasteiger partial charge in [0.25, 0.3) is 11.8 Å². The van der Waals surface area contributed by atoms with E-state index in [1.807, 2.05) is 6.08 Å². The predicted octanol–water partition coefficient (Wildman–Crippen LogP) is 3.22. The van der Waals surface area contributed by atoms with E-state index in [9.17, 15) is 14.4 Å². The Morgan fingerprint density at radius 1 is 1.35 bits per heavy atom. The Morgan fingerprint density at radius 3 is 2.57 bits per heavy atom. The minimum atomic E-state index is -0.984. The van der Waals surface area contributed by atoms with Crippen molar-refractivity contribution < 1.29 is 24.0 Å². The molecule has 0 unspecified atom stereocenters. The van der Waals surface area contributed by atoms with Crippen molar-refractivity contribution in [3.8, 4) is 0 Å². The van der Waals surface area contributed by atoms with E-state index in [1.54, 1.807) is 0 Å². The van der Waals surface area contributed by atoms with Crippen LogP contribution in [0.25, 0.3) is 0 Å². The van der Waals surface area contributed by atoms with Gasteiger partial charge in [-0.25, -0.2) is 4.79 Å². The van der Waals surface area contributed by atoms with Crippen molar-refractivity contribution in [2.24, 2.45) is 17.3 Å². The molecule has 6 heteroatoms. The molecule has 3 atom stereocenters. The fourth-order valence-corrected chi connectivity index (χ4v) is 3.72.